The van der Waals surface area contributed by atoms with Crippen LogP contribution < -0.4 is 0 Å². The predicted octanol–water partition coefficient (Wildman–Crippen LogP) is 6.93. The summed E-state index contributed by atoms with van der Waals surface area (Å²) < 4.78 is 11.3. The van der Waals surface area contributed by atoms with E-state index in [1.165, 1.54) is 13.4 Å². The van der Waals surface area contributed by atoms with E-state index in [-0.39, 0.29) is 38.8 Å². The summed E-state index contributed by atoms with van der Waals surface area (Å²) in [5.74, 6) is 0.0850. The van der Waals surface area contributed by atoms with Gasteiger partial charge in [0.25, 0.3) is 5.91 Å². The first-order valence-electron chi connectivity index (χ1n) is 13.5. The van der Waals surface area contributed by atoms with Crippen LogP contribution in [0.5, 0.6) is 0 Å². The van der Waals surface area contributed by atoms with Crippen LogP contribution in [0.2, 0.25) is 28.4 Å². The zero-order valence-corrected chi connectivity index (χ0v) is 25.8. The van der Waals surface area contributed by atoms with Crippen LogP contribution in [0.1, 0.15) is 88.9 Å². The molecule has 0 aliphatic heterocycles. The summed E-state index contributed by atoms with van der Waals surface area (Å²) in [6, 6.07) is 0.0845. The number of ether oxygens (including phenoxy) is 1. The van der Waals surface area contributed by atoms with Gasteiger partial charge in [0, 0.05) is 19.0 Å². The second-order valence-corrected chi connectivity index (χ2v) is 17.9. The highest BCUT2D eigenvalue weighted by Gasteiger charge is 2.42. The number of hydrogen-bond donors (Lipinski definition) is 0. The minimum atomic E-state index is -1.96. The summed E-state index contributed by atoms with van der Waals surface area (Å²) in [6.07, 6.45) is 10.2. The summed E-state index contributed by atoms with van der Waals surface area (Å²) in [6.45, 7) is 12.0. The first-order chi connectivity index (χ1) is 17.3. The van der Waals surface area contributed by atoms with Crippen LogP contribution in [0.15, 0.2) is 6.33 Å². The van der Waals surface area contributed by atoms with E-state index in [0.29, 0.717) is 30.9 Å². The molecular formula is C27H43Cl2N3O4Si. The van der Waals surface area contributed by atoms with Gasteiger partial charge in [0.15, 0.2) is 8.32 Å². The zero-order chi connectivity index (χ0) is 27.4. The first kappa shape index (κ1) is 30.3. The lowest BCUT2D eigenvalue weighted by Crippen LogP contribution is -2.48. The number of carbonyl (C=O) groups is 2. The highest BCUT2D eigenvalue weighted by molar-refractivity contribution is 6.74. The maximum Gasteiger partial charge on any atom is 0.305 e. The van der Waals surface area contributed by atoms with Gasteiger partial charge in [0.2, 0.25) is 0 Å². The molecule has 3 rings (SSSR count). The molecule has 1 aromatic rings. The lowest BCUT2D eigenvalue weighted by atomic mass is 9.62. The SMILES string of the molecule is COC(=O)CC1CCC2(CC1)CCC(N(CCO[Si](C)(C)C(C)(C)C)C(=O)c1c(Cl)ncnc1Cl)CC2. The Morgan fingerprint density at radius 2 is 1.59 bits per heavy atom. The van der Waals surface area contributed by atoms with Crippen LogP contribution in [0.3, 0.4) is 0 Å². The van der Waals surface area contributed by atoms with E-state index < -0.39 is 8.32 Å². The third-order valence-electron chi connectivity index (χ3n) is 9.14. The Labute approximate surface area is 233 Å². The van der Waals surface area contributed by atoms with Crippen molar-refractivity contribution in [3.8, 4) is 0 Å². The molecule has 0 bridgehead atoms. The molecule has 2 saturated carbocycles. The van der Waals surface area contributed by atoms with E-state index in [1.54, 1.807) is 0 Å². The quantitative estimate of drug-likeness (QED) is 0.191. The monoisotopic (exact) mass is 571 g/mol. The fourth-order valence-electron chi connectivity index (χ4n) is 5.57. The molecule has 0 unspecified atom stereocenters. The van der Waals surface area contributed by atoms with E-state index in [9.17, 15) is 9.59 Å². The highest BCUT2D eigenvalue weighted by Crippen LogP contribution is 2.50. The molecule has 7 nitrogen and oxygen atoms in total. The average Bonchev–Trinajstić information content (AvgIpc) is 2.83. The van der Waals surface area contributed by atoms with E-state index in [4.69, 9.17) is 32.4 Å². The summed E-state index contributed by atoms with van der Waals surface area (Å²) >= 11 is 12.6. The molecule has 0 aromatic carbocycles. The van der Waals surface area contributed by atoms with Crippen molar-refractivity contribution in [3.63, 3.8) is 0 Å². The van der Waals surface area contributed by atoms with Gasteiger partial charge in [-0.15, -0.1) is 0 Å². The van der Waals surface area contributed by atoms with E-state index in [2.05, 4.69) is 43.8 Å². The molecule has 0 saturated heterocycles. The molecule has 37 heavy (non-hydrogen) atoms. The van der Waals surface area contributed by atoms with Crippen LogP contribution >= 0.6 is 23.2 Å². The van der Waals surface area contributed by atoms with Gasteiger partial charge < -0.3 is 14.1 Å². The van der Waals surface area contributed by atoms with Crippen molar-refractivity contribution in [1.29, 1.82) is 0 Å². The molecule has 1 amide bonds. The molecular weight excluding hydrogens is 529 g/mol. The van der Waals surface area contributed by atoms with Crippen molar-refractivity contribution in [3.05, 3.63) is 22.2 Å². The van der Waals surface area contributed by atoms with E-state index in [0.717, 1.165) is 51.4 Å². The Morgan fingerprint density at radius 1 is 1.05 bits per heavy atom. The van der Waals surface area contributed by atoms with Gasteiger partial charge in [-0.2, -0.15) is 0 Å². The van der Waals surface area contributed by atoms with Crippen LogP contribution in [0.4, 0.5) is 0 Å². The molecule has 2 aliphatic rings. The Morgan fingerprint density at radius 3 is 2.11 bits per heavy atom. The van der Waals surface area contributed by atoms with Gasteiger partial charge in [-0.05, 0) is 80.8 Å². The number of aromatic nitrogens is 2. The summed E-state index contributed by atoms with van der Waals surface area (Å²) in [7, 11) is -0.499. The van der Waals surface area contributed by atoms with Gasteiger partial charge in [-0.25, -0.2) is 9.97 Å². The molecule has 1 heterocycles. The molecule has 10 heteroatoms. The number of amides is 1. The molecule has 2 fully saturated rings. The zero-order valence-electron chi connectivity index (χ0n) is 23.2. The van der Waals surface area contributed by atoms with Crippen molar-refractivity contribution < 1.29 is 18.8 Å². The van der Waals surface area contributed by atoms with Crippen molar-refractivity contribution in [1.82, 2.24) is 14.9 Å². The number of esters is 1. The second kappa shape index (κ2) is 12.3. The minimum absolute atomic E-state index is 0.0801. The van der Waals surface area contributed by atoms with Gasteiger partial charge in [-0.3, -0.25) is 9.59 Å². The van der Waals surface area contributed by atoms with Gasteiger partial charge >= 0.3 is 5.97 Å². The smallest absolute Gasteiger partial charge is 0.305 e. The molecule has 0 atom stereocenters. The average molecular weight is 573 g/mol. The lowest BCUT2D eigenvalue weighted by Gasteiger charge is -2.47. The molecule has 0 N–H and O–H groups in total. The van der Waals surface area contributed by atoms with E-state index in [1.807, 2.05) is 4.90 Å². The number of rotatable bonds is 8. The maximum absolute atomic E-state index is 13.8. The largest absolute Gasteiger partial charge is 0.469 e. The van der Waals surface area contributed by atoms with Crippen molar-refractivity contribution in [2.45, 2.75) is 103 Å². The van der Waals surface area contributed by atoms with Crippen LogP contribution in [0, 0.1) is 11.3 Å². The van der Waals surface area contributed by atoms with Crippen LogP contribution in [-0.2, 0) is 14.0 Å². The van der Waals surface area contributed by atoms with Crippen molar-refractivity contribution >= 4 is 43.4 Å². The fourth-order valence-corrected chi connectivity index (χ4v) is 7.08. The predicted molar refractivity (Wildman–Crippen MR) is 150 cm³/mol. The van der Waals surface area contributed by atoms with E-state index >= 15 is 0 Å². The second-order valence-electron chi connectivity index (χ2n) is 12.4. The molecule has 2 aliphatic carbocycles. The summed E-state index contributed by atoms with van der Waals surface area (Å²) in [4.78, 5) is 35.4. The van der Waals surface area contributed by atoms with Crippen LogP contribution in [-0.4, -0.2) is 61.4 Å². The normalized spacial score (nSPS) is 24.6. The van der Waals surface area contributed by atoms with Crippen molar-refractivity contribution in [2.75, 3.05) is 20.3 Å². The van der Waals surface area contributed by atoms with Crippen molar-refractivity contribution in [2.24, 2.45) is 11.3 Å². The number of methoxy groups -OCH3 is 1. The van der Waals surface area contributed by atoms with Crippen LogP contribution in [0.25, 0.3) is 0 Å². The minimum Gasteiger partial charge on any atom is -0.469 e. The Balaban J connectivity index is 1.70. The first-order valence-corrected chi connectivity index (χ1v) is 17.1. The molecule has 208 valence electrons. The molecule has 1 aromatic heterocycles. The Bertz CT molecular complexity index is 931. The third kappa shape index (κ3) is 7.46. The molecule has 0 radical (unpaired) electrons. The number of halogens is 2. The van der Waals surface area contributed by atoms with Gasteiger partial charge in [-0.1, -0.05) is 44.0 Å². The van der Waals surface area contributed by atoms with Gasteiger partial charge in [0.05, 0.1) is 13.7 Å². The third-order valence-corrected chi connectivity index (χ3v) is 14.2. The fraction of sp³-hybridized carbons (Fsp3) is 0.778. The molecule has 1 spiro atoms. The standard InChI is InChI=1S/C27H43Cl2N3O4Si/c1-26(2,3)37(5,6)36-16-15-32(25(34)22-23(28)30-18-31-24(22)29)20-9-13-27(14-10-20)11-7-19(8-12-27)17-21(33)35-4/h18-20H,7-17H2,1-6H3. The topological polar surface area (TPSA) is 81.6 Å². The number of nitrogens with zero attached hydrogens (tertiary/aromatic N) is 3. The van der Waals surface area contributed by atoms with Gasteiger partial charge in [0.1, 0.15) is 22.2 Å². The Hall–Kier alpha value is -1.22. The highest BCUT2D eigenvalue weighted by atomic mass is 35.5. The maximum atomic E-state index is 13.8. The number of hydrogen-bond acceptors (Lipinski definition) is 6. The number of carbonyl (C=O) groups excluding carboxylic acids is 2. The summed E-state index contributed by atoms with van der Waals surface area (Å²) in [5.41, 5.74) is 0.474. The summed E-state index contributed by atoms with van der Waals surface area (Å²) in [5, 5.41) is 0.249. The Kier molecular flexibility index (Phi) is 10.1. The lowest BCUT2D eigenvalue weighted by molar-refractivity contribution is -0.142.